The van der Waals surface area contributed by atoms with Crippen molar-refractivity contribution in [1.29, 1.82) is 0 Å². The van der Waals surface area contributed by atoms with Gasteiger partial charge in [0.2, 0.25) is 0 Å². The molecule has 0 saturated carbocycles. The van der Waals surface area contributed by atoms with E-state index >= 15 is 0 Å². The quantitative estimate of drug-likeness (QED) is 0.852. The lowest BCUT2D eigenvalue weighted by molar-refractivity contribution is 0.0948. The highest BCUT2D eigenvalue weighted by atomic mass is 35.5. The van der Waals surface area contributed by atoms with Crippen LogP contribution in [0.25, 0.3) is 0 Å². The van der Waals surface area contributed by atoms with E-state index in [4.69, 9.17) is 16.0 Å². The number of furan rings is 1. The summed E-state index contributed by atoms with van der Waals surface area (Å²) >= 11 is 5.78. The molecule has 0 atom stereocenters. The van der Waals surface area contributed by atoms with Crippen molar-refractivity contribution in [2.45, 2.75) is 13.5 Å². The second kappa shape index (κ2) is 5.01. The van der Waals surface area contributed by atoms with Crippen LogP contribution in [0.5, 0.6) is 0 Å². The van der Waals surface area contributed by atoms with Crippen LogP contribution in [0.3, 0.4) is 0 Å². The van der Waals surface area contributed by atoms with Crippen molar-refractivity contribution >= 4 is 17.5 Å². The van der Waals surface area contributed by atoms with Gasteiger partial charge in [-0.3, -0.25) is 4.79 Å². The lowest BCUT2D eigenvalue weighted by Gasteiger charge is -2.04. The summed E-state index contributed by atoms with van der Waals surface area (Å²) in [5.74, 6) is 0.504. The Balaban J connectivity index is 2.04. The molecule has 0 fully saturated rings. The molecule has 2 heterocycles. The number of aryl methyl sites for hydroxylation is 1. The fraction of sp³-hybridized carbons (Fsp3) is 0.167. The van der Waals surface area contributed by atoms with Gasteiger partial charge in [-0.2, -0.15) is 0 Å². The van der Waals surface area contributed by atoms with Gasteiger partial charge in [0.25, 0.3) is 5.91 Å². The van der Waals surface area contributed by atoms with Crippen molar-refractivity contribution < 1.29 is 9.21 Å². The number of aromatic nitrogens is 1. The van der Waals surface area contributed by atoms with Gasteiger partial charge in [-0.05, 0) is 31.2 Å². The van der Waals surface area contributed by atoms with E-state index in [1.54, 1.807) is 31.4 Å². The molecule has 0 aliphatic heterocycles. The molecule has 0 saturated heterocycles. The number of hydrogen-bond donors (Lipinski definition) is 1. The van der Waals surface area contributed by atoms with Crippen LogP contribution in [-0.2, 0) is 6.54 Å². The number of hydrogen-bond acceptors (Lipinski definition) is 3. The lowest BCUT2D eigenvalue weighted by atomic mass is 10.2. The Morgan fingerprint density at radius 3 is 3.00 bits per heavy atom. The summed E-state index contributed by atoms with van der Waals surface area (Å²) in [5, 5.41) is 3.05. The predicted molar refractivity (Wildman–Crippen MR) is 63.9 cm³/mol. The molecule has 1 amide bonds. The average Bonchev–Trinajstić information content (AvgIpc) is 2.77. The van der Waals surface area contributed by atoms with E-state index in [1.165, 1.54) is 6.07 Å². The Labute approximate surface area is 104 Å². The maximum Gasteiger partial charge on any atom is 0.251 e. The SMILES string of the molecule is Cc1cc(C(=O)NCc2ccco2)cc(Cl)n1. The number of carbonyl (C=O) groups is 1. The third-order valence-corrected chi connectivity index (χ3v) is 2.38. The second-order valence-corrected chi connectivity index (χ2v) is 3.97. The molecule has 0 bridgehead atoms. The Bertz CT molecular complexity index is 503. The molecule has 0 unspecified atom stereocenters. The van der Waals surface area contributed by atoms with E-state index in [0.29, 0.717) is 28.7 Å². The second-order valence-electron chi connectivity index (χ2n) is 3.58. The van der Waals surface area contributed by atoms with Gasteiger partial charge in [0.1, 0.15) is 10.9 Å². The van der Waals surface area contributed by atoms with Crippen molar-refractivity contribution in [2.24, 2.45) is 0 Å². The maximum atomic E-state index is 11.8. The van der Waals surface area contributed by atoms with E-state index in [-0.39, 0.29) is 5.91 Å². The van der Waals surface area contributed by atoms with Crippen LogP contribution in [0.2, 0.25) is 5.15 Å². The first-order chi connectivity index (χ1) is 8.15. The van der Waals surface area contributed by atoms with Crippen LogP contribution < -0.4 is 5.32 Å². The van der Waals surface area contributed by atoms with Crippen molar-refractivity contribution in [1.82, 2.24) is 10.3 Å². The van der Waals surface area contributed by atoms with Crippen LogP contribution >= 0.6 is 11.6 Å². The zero-order valence-electron chi connectivity index (χ0n) is 9.24. The fourth-order valence-corrected chi connectivity index (χ4v) is 1.69. The Kier molecular flexibility index (Phi) is 3.44. The highest BCUT2D eigenvalue weighted by Gasteiger charge is 2.08. The minimum Gasteiger partial charge on any atom is -0.467 e. The number of carbonyl (C=O) groups excluding carboxylic acids is 1. The molecule has 5 heteroatoms. The van der Waals surface area contributed by atoms with Gasteiger partial charge in [-0.1, -0.05) is 11.6 Å². The van der Waals surface area contributed by atoms with Crippen molar-refractivity contribution in [3.8, 4) is 0 Å². The summed E-state index contributed by atoms with van der Waals surface area (Å²) in [4.78, 5) is 15.8. The molecule has 1 N–H and O–H groups in total. The highest BCUT2D eigenvalue weighted by Crippen LogP contribution is 2.10. The minimum absolute atomic E-state index is 0.200. The predicted octanol–water partition coefficient (Wildman–Crippen LogP) is 2.57. The first kappa shape index (κ1) is 11.7. The van der Waals surface area contributed by atoms with Crippen LogP contribution in [0.1, 0.15) is 21.8 Å². The fourth-order valence-electron chi connectivity index (χ4n) is 1.44. The Morgan fingerprint density at radius 2 is 2.35 bits per heavy atom. The first-order valence-electron chi connectivity index (χ1n) is 5.10. The average molecular weight is 251 g/mol. The van der Waals surface area contributed by atoms with E-state index < -0.39 is 0 Å². The summed E-state index contributed by atoms with van der Waals surface area (Å²) in [7, 11) is 0. The zero-order chi connectivity index (χ0) is 12.3. The molecule has 17 heavy (non-hydrogen) atoms. The molecule has 4 nitrogen and oxygen atoms in total. The largest absolute Gasteiger partial charge is 0.467 e. The number of halogens is 1. The van der Waals surface area contributed by atoms with Gasteiger partial charge in [-0.25, -0.2) is 4.98 Å². The van der Waals surface area contributed by atoms with Gasteiger partial charge >= 0.3 is 0 Å². The Morgan fingerprint density at radius 1 is 1.53 bits per heavy atom. The summed E-state index contributed by atoms with van der Waals surface area (Å²) in [6.45, 7) is 2.14. The van der Waals surface area contributed by atoms with Gasteiger partial charge in [-0.15, -0.1) is 0 Å². The van der Waals surface area contributed by atoms with E-state index in [0.717, 1.165) is 0 Å². The molecule has 2 rings (SSSR count). The molecular weight excluding hydrogens is 240 g/mol. The van der Waals surface area contributed by atoms with Crippen molar-refractivity contribution in [3.05, 3.63) is 52.7 Å². The van der Waals surface area contributed by atoms with Gasteiger partial charge in [0, 0.05) is 11.3 Å². The minimum atomic E-state index is -0.200. The maximum absolute atomic E-state index is 11.8. The molecule has 0 radical (unpaired) electrons. The molecular formula is C12H11ClN2O2. The molecule has 2 aromatic heterocycles. The van der Waals surface area contributed by atoms with E-state index in [2.05, 4.69) is 10.3 Å². The van der Waals surface area contributed by atoms with Gasteiger partial charge in [0.15, 0.2) is 0 Å². The van der Waals surface area contributed by atoms with Crippen LogP contribution in [-0.4, -0.2) is 10.9 Å². The molecule has 88 valence electrons. The normalized spacial score (nSPS) is 10.2. The molecule has 0 aliphatic rings. The zero-order valence-corrected chi connectivity index (χ0v) is 9.99. The van der Waals surface area contributed by atoms with Crippen LogP contribution in [0.4, 0.5) is 0 Å². The topological polar surface area (TPSA) is 55.1 Å². The number of amides is 1. The monoisotopic (exact) mass is 250 g/mol. The third-order valence-electron chi connectivity index (χ3n) is 2.19. The van der Waals surface area contributed by atoms with Gasteiger partial charge < -0.3 is 9.73 Å². The lowest BCUT2D eigenvalue weighted by Crippen LogP contribution is -2.22. The molecule has 0 aromatic carbocycles. The highest BCUT2D eigenvalue weighted by molar-refractivity contribution is 6.29. The standard InChI is InChI=1S/C12H11ClN2O2/c1-8-5-9(6-11(13)15-8)12(16)14-7-10-3-2-4-17-10/h2-6H,7H2,1H3,(H,14,16). The third kappa shape index (κ3) is 3.07. The number of rotatable bonds is 3. The number of pyridine rings is 1. The number of nitrogens with one attached hydrogen (secondary N) is 1. The smallest absolute Gasteiger partial charge is 0.251 e. The number of nitrogens with zero attached hydrogens (tertiary/aromatic N) is 1. The van der Waals surface area contributed by atoms with Gasteiger partial charge in [0.05, 0.1) is 12.8 Å². The summed E-state index contributed by atoms with van der Waals surface area (Å²) in [6.07, 6.45) is 1.56. The van der Waals surface area contributed by atoms with Crippen LogP contribution in [0, 0.1) is 6.92 Å². The Hall–Kier alpha value is -1.81. The van der Waals surface area contributed by atoms with E-state index in [1.807, 2.05) is 0 Å². The van der Waals surface area contributed by atoms with E-state index in [9.17, 15) is 4.79 Å². The summed E-state index contributed by atoms with van der Waals surface area (Å²) < 4.78 is 5.11. The molecule has 0 aliphatic carbocycles. The van der Waals surface area contributed by atoms with Crippen molar-refractivity contribution in [2.75, 3.05) is 0 Å². The molecule has 2 aromatic rings. The van der Waals surface area contributed by atoms with Crippen molar-refractivity contribution in [3.63, 3.8) is 0 Å². The molecule has 0 spiro atoms. The van der Waals surface area contributed by atoms with Crippen LogP contribution in [0.15, 0.2) is 34.9 Å². The summed E-state index contributed by atoms with van der Waals surface area (Å²) in [5.41, 5.74) is 1.20. The summed E-state index contributed by atoms with van der Waals surface area (Å²) in [6, 6.07) is 6.79. The first-order valence-corrected chi connectivity index (χ1v) is 5.48.